The van der Waals surface area contributed by atoms with Crippen LogP contribution >= 0.6 is 28.4 Å². The van der Waals surface area contributed by atoms with Crippen molar-refractivity contribution in [3.8, 4) is 0 Å². The number of benzene rings is 1. The van der Waals surface area contributed by atoms with Crippen molar-refractivity contribution < 1.29 is 34.2 Å². The molecule has 4 heterocycles. The number of hydrogen-bond acceptors (Lipinski definition) is 11. The first-order chi connectivity index (χ1) is 18.8. The third-order valence-corrected chi connectivity index (χ3v) is 10.5. The minimum absolute atomic E-state index is 0.0182. The minimum Gasteiger partial charge on any atom is -0.387 e. The Hall–Kier alpha value is -1.56. The molecule has 6 rings (SSSR count). The number of halogens is 1. The molecule has 39 heavy (non-hydrogen) atoms. The maximum atomic E-state index is 10.8. The number of imidazole rings is 1. The highest BCUT2D eigenvalue weighted by molar-refractivity contribution is 7.63. The summed E-state index contributed by atoms with van der Waals surface area (Å²) in [6, 6.07) is 8.38. The molecule has 0 radical (unpaired) electrons. The highest BCUT2D eigenvalue weighted by atomic mass is 35.5. The number of anilines is 2. The molecule has 0 amide bonds. The maximum absolute atomic E-state index is 10.8. The van der Waals surface area contributed by atoms with Crippen molar-refractivity contribution in [2.75, 3.05) is 24.0 Å². The Morgan fingerprint density at radius 3 is 2.62 bits per heavy atom. The Labute approximate surface area is 232 Å². The molecule has 5 N–H and O–H groups in total. The van der Waals surface area contributed by atoms with Gasteiger partial charge in [0.05, 0.1) is 18.8 Å². The fraction of sp³-hybridized carbons (Fsp3) is 0.542. The van der Waals surface area contributed by atoms with Gasteiger partial charge in [-0.1, -0.05) is 37.5 Å². The van der Waals surface area contributed by atoms with Gasteiger partial charge in [-0.15, -0.1) is 0 Å². The SMILES string of the molecule is OC1C(COP(O)CP(O)O)OC(n2cnc3c(N4CC5(CCCCC5)c5ccccc54)nc(Cl)nc32)C1O. The number of para-hydroxylation sites is 1. The smallest absolute Gasteiger partial charge is 0.226 e. The number of aromatic nitrogens is 4. The molecule has 5 unspecified atom stereocenters. The first-order valence-corrected chi connectivity index (χ1v) is 16.0. The van der Waals surface area contributed by atoms with E-state index < -0.39 is 41.3 Å². The van der Waals surface area contributed by atoms with Crippen molar-refractivity contribution in [2.24, 2.45) is 0 Å². The molecule has 1 saturated carbocycles. The van der Waals surface area contributed by atoms with Gasteiger partial charge >= 0.3 is 0 Å². The summed E-state index contributed by atoms with van der Waals surface area (Å²) in [5.41, 5.74) is 3.27. The molecule has 210 valence electrons. The van der Waals surface area contributed by atoms with Gasteiger partial charge in [0, 0.05) is 17.6 Å². The second-order valence-corrected chi connectivity index (χ2v) is 13.5. The summed E-state index contributed by atoms with van der Waals surface area (Å²) < 4.78 is 12.7. The lowest BCUT2D eigenvalue weighted by Gasteiger charge is -2.34. The van der Waals surface area contributed by atoms with Gasteiger partial charge in [-0.2, -0.15) is 9.97 Å². The third kappa shape index (κ3) is 5.06. The number of ether oxygens (including phenoxy) is 1. The van der Waals surface area contributed by atoms with Crippen LogP contribution in [0.5, 0.6) is 0 Å². The standard InChI is InChI=1S/C24H30ClN5O7P2/c25-23-27-20(29-11-24(8-4-1-5-9-24)14-6-2-3-7-15(14)29)17-21(28-23)30(12-26-17)22-19(32)18(31)16(37-22)10-36-39(35)13-38(33)34/h2-3,6-7,12,16,18-19,22,31-35H,1,4-5,8-11,13H2. The summed E-state index contributed by atoms with van der Waals surface area (Å²) in [6.45, 7) is 0.511. The number of aliphatic hydroxyl groups is 2. The Balaban J connectivity index is 1.31. The van der Waals surface area contributed by atoms with Crippen molar-refractivity contribution >= 4 is 51.0 Å². The molecule has 1 aliphatic carbocycles. The van der Waals surface area contributed by atoms with E-state index in [4.69, 9.17) is 30.6 Å². The molecule has 1 spiro atoms. The minimum atomic E-state index is -2.32. The van der Waals surface area contributed by atoms with Gasteiger partial charge in [-0.3, -0.25) is 4.57 Å². The molecule has 1 aromatic carbocycles. The number of aliphatic hydroxyl groups excluding tert-OH is 2. The average Bonchev–Trinajstić information content (AvgIpc) is 3.56. The molecule has 2 aromatic heterocycles. The van der Waals surface area contributed by atoms with Gasteiger partial charge in [0.15, 0.2) is 40.0 Å². The zero-order chi connectivity index (χ0) is 27.3. The molecule has 15 heteroatoms. The van der Waals surface area contributed by atoms with Crippen LogP contribution in [-0.4, -0.2) is 81.8 Å². The first kappa shape index (κ1) is 27.6. The molecule has 12 nitrogen and oxygen atoms in total. The lowest BCUT2D eigenvalue weighted by molar-refractivity contribution is -0.0471. The fourth-order valence-electron chi connectivity index (χ4n) is 6.13. The van der Waals surface area contributed by atoms with Crippen LogP contribution in [0.1, 0.15) is 43.9 Å². The number of fused-ring (bicyclic) bond motifs is 3. The normalized spacial score (nSPS) is 27.1. The number of rotatable bonds is 7. The van der Waals surface area contributed by atoms with Gasteiger partial charge in [0.2, 0.25) is 5.28 Å². The second kappa shape index (κ2) is 11.0. The van der Waals surface area contributed by atoms with Gasteiger partial charge in [0.1, 0.15) is 18.3 Å². The van der Waals surface area contributed by atoms with E-state index in [0.717, 1.165) is 25.1 Å². The van der Waals surface area contributed by atoms with Gasteiger partial charge in [0.25, 0.3) is 0 Å². The zero-order valence-corrected chi connectivity index (χ0v) is 23.5. The van der Waals surface area contributed by atoms with E-state index in [1.165, 1.54) is 35.7 Å². The molecule has 2 aliphatic heterocycles. The maximum Gasteiger partial charge on any atom is 0.226 e. The molecular formula is C24H30ClN5O7P2. The van der Waals surface area contributed by atoms with Gasteiger partial charge in [-0.25, -0.2) is 4.98 Å². The molecular weight excluding hydrogens is 568 g/mol. The highest BCUT2D eigenvalue weighted by Crippen LogP contribution is 2.52. The third-order valence-electron chi connectivity index (χ3n) is 7.92. The van der Waals surface area contributed by atoms with E-state index in [-0.39, 0.29) is 23.2 Å². The topological polar surface area (TPSA) is 166 Å². The first-order valence-electron chi connectivity index (χ1n) is 12.8. The summed E-state index contributed by atoms with van der Waals surface area (Å²) in [5.74, 6) is 0.270. The molecule has 1 saturated heterocycles. The van der Waals surface area contributed by atoms with Crippen molar-refractivity contribution in [3.05, 3.63) is 41.4 Å². The molecule has 3 aliphatic rings. The van der Waals surface area contributed by atoms with Crippen LogP contribution in [0.15, 0.2) is 30.6 Å². The Bertz CT molecular complexity index is 1340. The molecule has 5 atom stereocenters. The predicted molar refractivity (Wildman–Crippen MR) is 146 cm³/mol. The van der Waals surface area contributed by atoms with Crippen LogP contribution in [-0.2, 0) is 14.7 Å². The van der Waals surface area contributed by atoms with Crippen LogP contribution in [0.3, 0.4) is 0 Å². The Kier molecular flexibility index (Phi) is 7.80. The summed E-state index contributed by atoms with van der Waals surface area (Å²) in [5, 5.41) is 21.4. The molecule has 0 bridgehead atoms. The lowest BCUT2D eigenvalue weighted by atomic mass is 9.71. The fourth-order valence-corrected chi connectivity index (χ4v) is 7.80. The summed E-state index contributed by atoms with van der Waals surface area (Å²) in [4.78, 5) is 43.7. The Morgan fingerprint density at radius 2 is 1.85 bits per heavy atom. The van der Waals surface area contributed by atoms with Crippen molar-refractivity contribution in [3.63, 3.8) is 0 Å². The van der Waals surface area contributed by atoms with Crippen LogP contribution in [0.4, 0.5) is 11.5 Å². The average molecular weight is 598 g/mol. The summed E-state index contributed by atoms with van der Waals surface area (Å²) in [6.07, 6.45) is 2.60. The van der Waals surface area contributed by atoms with Crippen LogP contribution in [0.2, 0.25) is 5.28 Å². The summed E-state index contributed by atoms with van der Waals surface area (Å²) in [7, 11) is -4.42. The van der Waals surface area contributed by atoms with E-state index in [1.54, 1.807) is 0 Å². The lowest BCUT2D eigenvalue weighted by Crippen LogP contribution is -2.34. The number of hydrogen-bond donors (Lipinski definition) is 5. The second-order valence-electron chi connectivity index (χ2n) is 10.3. The van der Waals surface area contributed by atoms with E-state index in [2.05, 4.69) is 38.1 Å². The van der Waals surface area contributed by atoms with E-state index in [0.29, 0.717) is 17.0 Å². The van der Waals surface area contributed by atoms with Crippen molar-refractivity contribution in [1.82, 2.24) is 19.5 Å². The van der Waals surface area contributed by atoms with Crippen LogP contribution in [0, 0.1) is 0 Å². The zero-order valence-electron chi connectivity index (χ0n) is 20.9. The monoisotopic (exact) mass is 597 g/mol. The van der Waals surface area contributed by atoms with E-state index >= 15 is 0 Å². The molecule has 3 aromatic rings. The van der Waals surface area contributed by atoms with Gasteiger partial charge < -0.3 is 39.1 Å². The number of nitrogens with zero attached hydrogens (tertiary/aromatic N) is 5. The molecule has 2 fully saturated rings. The predicted octanol–water partition coefficient (Wildman–Crippen LogP) is 3.03. The Morgan fingerprint density at radius 1 is 1.08 bits per heavy atom. The van der Waals surface area contributed by atoms with Crippen LogP contribution in [0.25, 0.3) is 11.2 Å². The van der Waals surface area contributed by atoms with Crippen molar-refractivity contribution in [1.29, 1.82) is 0 Å². The van der Waals surface area contributed by atoms with Crippen molar-refractivity contribution in [2.45, 2.75) is 62.1 Å². The highest BCUT2D eigenvalue weighted by Gasteiger charge is 2.46. The van der Waals surface area contributed by atoms with Crippen LogP contribution < -0.4 is 4.90 Å². The van der Waals surface area contributed by atoms with E-state index in [1.807, 2.05) is 6.07 Å². The largest absolute Gasteiger partial charge is 0.387 e. The van der Waals surface area contributed by atoms with E-state index in [9.17, 15) is 15.1 Å². The quantitative estimate of drug-likeness (QED) is 0.201. The summed E-state index contributed by atoms with van der Waals surface area (Å²) >= 11 is 6.43. The van der Waals surface area contributed by atoms with Gasteiger partial charge in [-0.05, 0) is 36.1 Å².